The predicted octanol–water partition coefficient (Wildman–Crippen LogP) is 4.53. The molecule has 0 aliphatic carbocycles. The summed E-state index contributed by atoms with van der Waals surface area (Å²) in [5.74, 6) is 0.736. The van der Waals surface area contributed by atoms with Crippen LogP contribution >= 0.6 is 11.3 Å². The van der Waals surface area contributed by atoms with Crippen molar-refractivity contribution in [3.8, 4) is 5.75 Å². The van der Waals surface area contributed by atoms with Gasteiger partial charge >= 0.3 is 0 Å². The van der Waals surface area contributed by atoms with Crippen molar-refractivity contribution in [2.45, 2.75) is 19.3 Å². The number of carbonyl (C=O) groups is 2. The third-order valence-corrected chi connectivity index (χ3v) is 5.84. The summed E-state index contributed by atoms with van der Waals surface area (Å²) in [7, 11) is 1.62. The molecule has 1 aliphatic rings. The fourth-order valence-corrected chi connectivity index (χ4v) is 4.22. The molecule has 0 atom stereocenters. The molecule has 0 saturated carbocycles. The quantitative estimate of drug-likeness (QED) is 0.677. The minimum absolute atomic E-state index is 0.0391. The van der Waals surface area contributed by atoms with Gasteiger partial charge in [-0.3, -0.25) is 9.59 Å². The maximum absolute atomic E-state index is 12.8. The van der Waals surface area contributed by atoms with E-state index in [0.29, 0.717) is 13.0 Å². The van der Waals surface area contributed by atoms with Crippen LogP contribution in [0.15, 0.2) is 60.0 Å². The van der Waals surface area contributed by atoms with Gasteiger partial charge in [0.1, 0.15) is 5.75 Å². The molecule has 148 valence electrons. The largest absolute Gasteiger partial charge is 0.497 e. The summed E-state index contributed by atoms with van der Waals surface area (Å²) in [4.78, 5) is 27.8. The number of ether oxygens (including phenoxy) is 1. The van der Waals surface area contributed by atoms with Gasteiger partial charge in [0.05, 0.1) is 18.4 Å². The molecule has 0 bridgehead atoms. The van der Waals surface area contributed by atoms with Gasteiger partial charge in [-0.05, 0) is 65.7 Å². The SMILES string of the molecule is COc1ccc(CC(=O)Nc2ccc3c(c2)CCCN3C(=O)c2cccs2)cc1. The third-order valence-electron chi connectivity index (χ3n) is 4.98. The molecule has 1 N–H and O–H groups in total. The number of nitrogens with one attached hydrogen (secondary N) is 1. The third kappa shape index (κ3) is 4.32. The molecule has 3 aromatic rings. The van der Waals surface area contributed by atoms with E-state index >= 15 is 0 Å². The van der Waals surface area contributed by atoms with Crippen LogP contribution in [-0.4, -0.2) is 25.5 Å². The lowest BCUT2D eigenvalue weighted by Crippen LogP contribution is -2.35. The van der Waals surface area contributed by atoms with Crippen LogP contribution in [-0.2, 0) is 17.6 Å². The number of aryl methyl sites for hydroxylation is 1. The molecule has 4 rings (SSSR count). The van der Waals surface area contributed by atoms with E-state index in [0.717, 1.165) is 46.0 Å². The lowest BCUT2D eigenvalue weighted by molar-refractivity contribution is -0.115. The van der Waals surface area contributed by atoms with E-state index in [4.69, 9.17) is 4.74 Å². The second-order valence-electron chi connectivity index (χ2n) is 6.95. The Bertz CT molecular complexity index is 1010. The van der Waals surface area contributed by atoms with Gasteiger partial charge in [-0.2, -0.15) is 0 Å². The Labute approximate surface area is 173 Å². The van der Waals surface area contributed by atoms with Gasteiger partial charge in [0, 0.05) is 17.9 Å². The minimum Gasteiger partial charge on any atom is -0.497 e. The van der Waals surface area contributed by atoms with Crippen LogP contribution < -0.4 is 15.0 Å². The zero-order valence-electron chi connectivity index (χ0n) is 16.2. The number of anilines is 2. The molecule has 0 unspecified atom stereocenters. The highest BCUT2D eigenvalue weighted by molar-refractivity contribution is 7.12. The van der Waals surface area contributed by atoms with Gasteiger partial charge in [-0.15, -0.1) is 11.3 Å². The minimum atomic E-state index is -0.0718. The summed E-state index contributed by atoms with van der Waals surface area (Å²) in [6, 6.07) is 17.0. The summed E-state index contributed by atoms with van der Waals surface area (Å²) < 4.78 is 5.14. The number of methoxy groups -OCH3 is 1. The molecule has 29 heavy (non-hydrogen) atoms. The van der Waals surface area contributed by atoms with Crippen molar-refractivity contribution in [2.75, 3.05) is 23.9 Å². The molecule has 6 heteroatoms. The van der Waals surface area contributed by atoms with E-state index < -0.39 is 0 Å². The van der Waals surface area contributed by atoms with E-state index in [1.165, 1.54) is 11.3 Å². The van der Waals surface area contributed by atoms with Crippen LogP contribution in [0, 0.1) is 0 Å². The Balaban J connectivity index is 1.46. The van der Waals surface area contributed by atoms with Gasteiger partial charge in [-0.1, -0.05) is 18.2 Å². The van der Waals surface area contributed by atoms with Crippen molar-refractivity contribution in [3.05, 3.63) is 76.0 Å². The lowest BCUT2D eigenvalue weighted by atomic mass is 10.0. The van der Waals surface area contributed by atoms with Crippen LogP contribution in [0.3, 0.4) is 0 Å². The summed E-state index contributed by atoms with van der Waals surface area (Å²) in [6.45, 7) is 0.715. The molecule has 2 heterocycles. The number of fused-ring (bicyclic) bond motifs is 1. The zero-order valence-corrected chi connectivity index (χ0v) is 17.0. The molecule has 1 aromatic heterocycles. The molecule has 2 amide bonds. The lowest BCUT2D eigenvalue weighted by Gasteiger charge is -2.29. The van der Waals surface area contributed by atoms with E-state index in [-0.39, 0.29) is 11.8 Å². The standard InChI is InChI=1S/C23H22N2O3S/c1-28-19-9-6-16(7-10-19)14-22(26)24-18-8-11-20-17(15-18)4-2-12-25(20)23(27)21-5-3-13-29-21/h3,5-11,13,15H,2,4,12,14H2,1H3,(H,24,26). The van der Waals surface area contributed by atoms with Crippen LogP contribution in [0.5, 0.6) is 5.75 Å². The molecule has 0 radical (unpaired) electrons. The van der Waals surface area contributed by atoms with E-state index in [1.54, 1.807) is 7.11 Å². The molecule has 5 nitrogen and oxygen atoms in total. The number of carbonyl (C=O) groups excluding carboxylic acids is 2. The number of nitrogens with zero attached hydrogens (tertiary/aromatic N) is 1. The van der Waals surface area contributed by atoms with Crippen LogP contribution in [0.1, 0.15) is 27.2 Å². The van der Waals surface area contributed by atoms with Crippen LogP contribution in [0.25, 0.3) is 0 Å². The van der Waals surface area contributed by atoms with Gasteiger partial charge in [-0.25, -0.2) is 0 Å². The van der Waals surface area contributed by atoms with Crippen LogP contribution in [0.4, 0.5) is 11.4 Å². The second kappa shape index (κ2) is 8.49. The van der Waals surface area contributed by atoms with E-state index in [1.807, 2.05) is 64.9 Å². The predicted molar refractivity (Wildman–Crippen MR) is 116 cm³/mol. The zero-order chi connectivity index (χ0) is 20.2. The van der Waals surface area contributed by atoms with Crippen molar-refractivity contribution < 1.29 is 14.3 Å². The van der Waals surface area contributed by atoms with Gasteiger partial charge in [0.25, 0.3) is 5.91 Å². The molecule has 1 aliphatic heterocycles. The average molecular weight is 407 g/mol. The number of hydrogen-bond donors (Lipinski definition) is 1. The first kappa shape index (κ1) is 19.2. The van der Waals surface area contributed by atoms with Gasteiger partial charge in [0.2, 0.25) is 5.91 Å². The van der Waals surface area contributed by atoms with Crippen molar-refractivity contribution in [2.24, 2.45) is 0 Å². The number of thiophene rings is 1. The van der Waals surface area contributed by atoms with E-state index in [9.17, 15) is 9.59 Å². The highest BCUT2D eigenvalue weighted by Crippen LogP contribution is 2.31. The first-order valence-corrected chi connectivity index (χ1v) is 10.4. The molecule has 0 spiro atoms. The van der Waals surface area contributed by atoms with Crippen molar-refractivity contribution in [3.63, 3.8) is 0 Å². The van der Waals surface area contributed by atoms with Crippen molar-refractivity contribution in [1.29, 1.82) is 0 Å². The normalized spacial score (nSPS) is 12.9. The molecule has 0 saturated heterocycles. The highest BCUT2D eigenvalue weighted by atomic mass is 32.1. The fourth-order valence-electron chi connectivity index (χ4n) is 3.55. The maximum atomic E-state index is 12.8. The summed E-state index contributed by atoms with van der Waals surface area (Å²) in [5.41, 5.74) is 3.70. The summed E-state index contributed by atoms with van der Waals surface area (Å²) in [5, 5.41) is 4.89. The first-order valence-electron chi connectivity index (χ1n) is 9.55. The Morgan fingerprint density at radius 3 is 2.69 bits per heavy atom. The fraction of sp³-hybridized carbons (Fsp3) is 0.217. The Morgan fingerprint density at radius 1 is 1.14 bits per heavy atom. The summed E-state index contributed by atoms with van der Waals surface area (Å²) >= 11 is 1.46. The number of amides is 2. The molecular weight excluding hydrogens is 384 g/mol. The second-order valence-corrected chi connectivity index (χ2v) is 7.90. The van der Waals surface area contributed by atoms with Crippen molar-refractivity contribution >= 4 is 34.5 Å². The van der Waals surface area contributed by atoms with Gasteiger partial charge in [0.15, 0.2) is 0 Å². The summed E-state index contributed by atoms with van der Waals surface area (Å²) in [6.07, 6.45) is 2.10. The number of rotatable bonds is 5. The number of hydrogen-bond acceptors (Lipinski definition) is 4. The smallest absolute Gasteiger partial charge is 0.268 e. The van der Waals surface area contributed by atoms with Gasteiger partial charge < -0.3 is 15.0 Å². The first-order chi connectivity index (χ1) is 14.1. The highest BCUT2D eigenvalue weighted by Gasteiger charge is 2.24. The Hall–Kier alpha value is -3.12. The monoisotopic (exact) mass is 406 g/mol. The Morgan fingerprint density at radius 2 is 1.97 bits per heavy atom. The Kier molecular flexibility index (Phi) is 5.62. The topological polar surface area (TPSA) is 58.6 Å². The number of benzene rings is 2. The molecule has 2 aromatic carbocycles. The molecule has 0 fully saturated rings. The van der Waals surface area contributed by atoms with E-state index in [2.05, 4.69) is 5.32 Å². The average Bonchev–Trinajstić information content (AvgIpc) is 3.28. The maximum Gasteiger partial charge on any atom is 0.268 e. The van der Waals surface area contributed by atoms with Crippen molar-refractivity contribution in [1.82, 2.24) is 0 Å². The molecular formula is C23H22N2O3S. The van der Waals surface area contributed by atoms with Crippen LogP contribution in [0.2, 0.25) is 0 Å².